The normalized spacial score (nSPS) is 15.0. The second kappa shape index (κ2) is 9.36. The molecule has 192 valence electrons. The molecule has 0 bridgehead atoms. The molecule has 0 atom stereocenters. The van der Waals surface area contributed by atoms with Crippen LogP contribution in [0.15, 0.2) is 133 Å². The number of benzene rings is 5. The maximum absolute atomic E-state index is 5.20. The van der Waals surface area contributed by atoms with Crippen LogP contribution in [0.2, 0.25) is 0 Å². The molecule has 6 aromatic rings. The SMILES string of the molecule is C=C(/C=c1/cccc/c1=C\c1ccccc1)n1c2ccccc2c2ccc3c(c21)C(C)(C)C(c1ccccc1)=N3. The number of aliphatic imine (C=N–C) groups is 1. The molecular weight excluding hydrogens is 484 g/mol. The molecule has 0 amide bonds. The van der Waals surface area contributed by atoms with Gasteiger partial charge in [-0.3, -0.25) is 4.99 Å². The van der Waals surface area contributed by atoms with Gasteiger partial charge in [0.1, 0.15) is 0 Å². The van der Waals surface area contributed by atoms with E-state index in [1.54, 1.807) is 0 Å². The first-order chi connectivity index (χ1) is 19.5. The molecular formula is C38H30N2. The van der Waals surface area contributed by atoms with Crippen molar-refractivity contribution in [1.82, 2.24) is 4.57 Å². The minimum absolute atomic E-state index is 0.276. The first-order valence-electron chi connectivity index (χ1n) is 13.8. The van der Waals surface area contributed by atoms with Crippen LogP contribution in [0.3, 0.4) is 0 Å². The third-order valence-corrected chi connectivity index (χ3v) is 8.04. The van der Waals surface area contributed by atoms with Gasteiger partial charge >= 0.3 is 0 Å². The molecule has 0 radical (unpaired) electrons. The van der Waals surface area contributed by atoms with Crippen molar-refractivity contribution in [2.45, 2.75) is 19.3 Å². The minimum Gasteiger partial charge on any atom is -0.309 e. The number of hydrogen-bond donors (Lipinski definition) is 0. The summed E-state index contributed by atoms with van der Waals surface area (Å²) < 4.78 is 2.34. The highest BCUT2D eigenvalue weighted by molar-refractivity contribution is 6.19. The second-order valence-electron chi connectivity index (χ2n) is 11.0. The van der Waals surface area contributed by atoms with Gasteiger partial charge in [0, 0.05) is 27.4 Å². The Bertz CT molecular complexity index is 2070. The van der Waals surface area contributed by atoms with Gasteiger partial charge in [-0.15, -0.1) is 0 Å². The molecule has 1 aromatic heterocycles. The van der Waals surface area contributed by atoms with E-state index in [4.69, 9.17) is 4.99 Å². The summed E-state index contributed by atoms with van der Waals surface area (Å²) >= 11 is 0. The van der Waals surface area contributed by atoms with Crippen molar-refractivity contribution in [1.29, 1.82) is 0 Å². The fraction of sp³-hybridized carbons (Fsp3) is 0.0789. The number of rotatable bonds is 4. The molecule has 0 N–H and O–H groups in total. The number of nitrogens with zero attached hydrogens (tertiary/aromatic N) is 2. The van der Waals surface area contributed by atoms with E-state index in [9.17, 15) is 0 Å². The predicted octanol–water partition coefficient (Wildman–Crippen LogP) is 7.99. The molecule has 2 heterocycles. The quantitative estimate of drug-likeness (QED) is 0.227. The molecule has 5 aromatic carbocycles. The van der Waals surface area contributed by atoms with Crippen molar-refractivity contribution in [3.8, 4) is 0 Å². The lowest BCUT2D eigenvalue weighted by Gasteiger charge is -2.24. The van der Waals surface area contributed by atoms with E-state index >= 15 is 0 Å². The lowest BCUT2D eigenvalue weighted by Crippen LogP contribution is -2.27. The van der Waals surface area contributed by atoms with Crippen LogP contribution in [0.5, 0.6) is 0 Å². The lowest BCUT2D eigenvalue weighted by molar-refractivity contribution is 0.741. The Kier molecular flexibility index (Phi) is 5.64. The van der Waals surface area contributed by atoms with Gasteiger partial charge in [-0.25, -0.2) is 0 Å². The summed E-state index contributed by atoms with van der Waals surface area (Å²) in [5, 5.41) is 4.75. The highest BCUT2D eigenvalue weighted by Crippen LogP contribution is 2.48. The standard InChI is InChI=1S/C38H30N2/c1-26(24-29-18-10-11-19-30(29)25-27-14-6-4-7-15-27)40-34-21-13-12-20-31(34)32-22-23-33-35(36(32)40)38(2,3)37(39-33)28-16-8-5-9-17-28/h4-25H,1H2,2-3H3/b29-24-,30-25+. The van der Waals surface area contributed by atoms with Crippen LogP contribution in [0, 0.1) is 0 Å². The molecule has 7 rings (SSSR count). The fourth-order valence-corrected chi connectivity index (χ4v) is 6.20. The van der Waals surface area contributed by atoms with Crippen LogP contribution in [0.1, 0.15) is 30.5 Å². The Morgan fingerprint density at radius 3 is 2.12 bits per heavy atom. The van der Waals surface area contributed by atoms with E-state index < -0.39 is 0 Å². The zero-order valence-corrected chi connectivity index (χ0v) is 22.8. The van der Waals surface area contributed by atoms with Gasteiger partial charge in [0.15, 0.2) is 0 Å². The molecule has 2 heteroatoms. The molecule has 0 spiro atoms. The van der Waals surface area contributed by atoms with Crippen molar-refractivity contribution in [3.05, 3.63) is 155 Å². The number of para-hydroxylation sites is 1. The van der Waals surface area contributed by atoms with Crippen LogP contribution in [0.25, 0.3) is 39.7 Å². The molecule has 0 saturated heterocycles. The van der Waals surface area contributed by atoms with Gasteiger partial charge in [-0.1, -0.05) is 116 Å². The summed E-state index contributed by atoms with van der Waals surface area (Å²) in [7, 11) is 0. The molecule has 0 aliphatic carbocycles. The first-order valence-corrected chi connectivity index (χ1v) is 13.8. The number of hydrogen-bond acceptors (Lipinski definition) is 1. The summed E-state index contributed by atoms with van der Waals surface area (Å²) in [6, 6.07) is 42.6. The molecule has 2 nitrogen and oxygen atoms in total. The van der Waals surface area contributed by atoms with E-state index in [1.807, 2.05) is 6.07 Å². The Balaban J connectivity index is 1.48. The maximum atomic E-state index is 5.20. The molecule has 0 fully saturated rings. The Morgan fingerprint density at radius 2 is 1.35 bits per heavy atom. The summed E-state index contributed by atoms with van der Waals surface area (Å²) in [5.41, 5.74) is 8.71. The van der Waals surface area contributed by atoms with Gasteiger partial charge < -0.3 is 4.57 Å². The summed E-state index contributed by atoms with van der Waals surface area (Å²) in [6.07, 6.45) is 4.44. The lowest BCUT2D eigenvalue weighted by atomic mass is 9.78. The van der Waals surface area contributed by atoms with E-state index in [2.05, 4.69) is 152 Å². The van der Waals surface area contributed by atoms with Gasteiger partial charge in [0.25, 0.3) is 0 Å². The summed E-state index contributed by atoms with van der Waals surface area (Å²) in [5.74, 6) is 0. The molecule has 1 aliphatic heterocycles. The summed E-state index contributed by atoms with van der Waals surface area (Å²) in [4.78, 5) is 5.20. The average Bonchev–Trinajstić information content (AvgIpc) is 3.46. The maximum Gasteiger partial charge on any atom is 0.0696 e. The third-order valence-electron chi connectivity index (χ3n) is 8.04. The number of allylic oxidation sites excluding steroid dienone is 1. The van der Waals surface area contributed by atoms with Gasteiger partial charge in [0.2, 0.25) is 0 Å². The van der Waals surface area contributed by atoms with Crippen LogP contribution >= 0.6 is 0 Å². The van der Waals surface area contributed by atoms with Gasteiger partial charge in [-0.2, -0.15) is 0 Å². The first kappa shape index (κ1) is 24.1. The van der Waals surface area contributed by atoms with E-state index in [1.165, 1.54) is 27.4 Å². The van der Waals surface area contributed by atoms with Crippen LogP contribution < -0.4 is 10.4 Å². The monoisotopic (exact) mass is 514 g/mol. The van der Waals surface area contributed by atoms with Gasteiger partial charge in [-0.05, 0) is 59.7 Å². The Labute approximate surface area is 234 Å². The van der Waals surface area contributed by atoms with Crippen molar-refractivity contribution in [2.24, 2.45) is 4.99 Å². The van der Waals surface area contributed by atoms with Crippen LogP contribution in [-0.4, -0.2) is 10.3 Å². The molecule has 0 saturated carbocycles. The molecule has 0 unspecified atom stereocenters. The van der Waals surface area contributed by atoms with E-state index in [0.29, 0.717) is 0 Å². The Morgan fingerprint density at radius 1 is 0.700 bits per heavy atom. The second-order valence-corrected chi connectivity index (χ2v) is 11.0. The highest BCUT2D eigenvalue weighted by Gasteiger charge is 2.38. The topological polar surface area (TPSA) is 17.3 Å². The van der Waals surface area contributed by atoms with Crippen LogP contribution in [-0.2, 0) is 5.41 Å². The van der Waals surface area contributed by atoms with Gasteiger partial charge in [0.05, 0.1) is 22.4 Å². The zero-order valence-electron chi connectivity index (χ0n) is 22.8. The average molecular weight is 515 g/mol. The zero-order chi connectivity index (χ0) is 27.3. The third kappa shape index (κ3) is 3.84. The van der Waals surface area contributed by atoms with Crippen molar-refractivity contribution in [3.63, 3.8) is 0 Å². The smallest absolute Gasteiger partial charge is 0.0696 e. The number of aromatic nitrogens is 1. The molecule has 40 heavy (non-hydrogen) atoms. The number of fused-ring (bicyclic) bond motifs is 5. The largest absolute Gasteiger partial charge is 0.309 e. The fourth-order valence-electron chi connectivity index (χ4n) is 6.20. The molecule has 1 aliphatic rings. The van der Waals surface area contributed by atoms with Crippen molar-refractivity contribution in [2.75, 3.05) is 0 Å². The highest BCUT2D eigenvalue weighted by atomic mass is 15.0. The van der Waals surface area contributed by atoms with E-state index in [-0.39, 0.29) is 5.41 Å². The van der Waals surface area contributed by atoms with Crippen LogP contribution in [0.4, 0.5) is 5.69 Å². The van der Waals surface area contributed by atoms with E-state index in [0.717, 1.165) is 38.6 Å². The summed E-state index contributed by atoms with van der Waals surface area (Å²) in [6.45, 7) is 9.24. The minimum atomic E-state index is -0.276. The van der Waals surface area contributed by atoms with Crippen molar-refractivity contribution >= 4 is 51.1 Å². The van der Waals surface area contributed by atoms with Crippen molar-refractivity contribution < 1.29 is 0 Å². The predicted molar refractivity (Wildman–Crippen MR) is 171 cm³/mol. The Hall–Kier alpha value is -4.95.